The van der Waals surface area contributed by atoms with Crippen molar-refractivity contribution in [2.45, 2.75) is 19.4 Å². The summed E-state index contributed by atoms with van der Waals surface area (Å²) in [5.74, 6) is 0.876. The van der Waals surface area contributed by atoms with E-state index in [1.165, 1.54) is 0 Å². The number of ketones is 1. The zero-order valence-corrected chi connectivity index (χ0v) is 12.6. The van der Waals surface area contributed by atoms with Crippen LogP contribution in [0.2, 0.25) is 5.02 Å². The van der Waals surface area contributed by atoms with Gasteiger partial charge in [-0.05, 0) is 44.0 Å². The van der Waals surface area contributed by atoms with Crippen molar-refractivity contribution in [2.24, 2.45) is 5.92 Å². The SMILES string of the molecule is COc1ccc(C(=O)CN2CCC(C(C)O)C2)cc1Cl. The van der Waals surface area contributed by atoms with Gasteiger partial charge in [0.2, 0.25) is 0 Å². The molecule has 2 atom stereocenters. The molecule has 1 heterocycles. The Morgan fingerprint density at radius 2 is 2.35 bits per heavy atom. The van der Waals surface area contributed by atoms with Crippen LogP contribution in [0.3, 0.4) is 0 Å². The van der Waals surface area contributed by atoms with Gasteiger partial charge in [-0.15, -0.1) is 0 Å². The molecule has 5 heteroatoms. The molecule has 4 nitrogen and oxygen atoms in total. The van der Waals surface area contributed by atoms with Crippen LogP contribution in [0.4, 0.5) is 0 Å². The van der Waals surface area contributed by atoms with Crippen LogP contribution in [0.5, 0.6) is 5.75 Å². The average molecular weight is 298 g/mol. The molecule has 1 N–H and O–H groups in total. The van der Waals surface area contributed by atoms with Gasteiger partial charge in [-0.3, -0.25) is 9.69 Å². The molecular weight excluding hydrogens is 278 g/mol. The van der Waals surface area contributed by atoms with Gasteiger partial charge in [0.05, 0.1) is 24.8 Å². The van der Waals surface area contributed by atoms with Crippen molar-refractivity contribution in [3.8, 4) is 5.75 Å². The van der Waals surface area contributed by atoms with Crippen LogP contribution in [-0.2, 0) is 0 Å². The van der Waals surface area contributed by atoms with E-state index in [4.69, 9.17) is 16.3 Å². The van der Waals surface area contributed by atoms with Gasteiger partial charge in [-0.25, -0.2) is 0 Å². The maximum Gasteiger partial charge on any atom is 0.176 e. The lowest BCUT2D eigenvalue weighted by Gasteiger charge is -2.16. The number of ether oxygens (including phenoxy) is 1. The van der Waals surface area contributed by atoms with Crippen molar-refractivity contribution < 1.29 is 14.6 Å². The summed E-state index contributed by atoms with van der Waals surface area (Å²) < 4.78 is 5.07. The quantitative estimate of drug-likeness (QED) is 0.847. The Labute approximate surface area is 124 Å². The fourth-order valence-corrected chi connectivity index (χ4v) is 2.79. The first-order valence-electron chi connectivity index (χ1n) is 6.78. The Balaban J connectivity index is 1.97. The predicted molar refractivity (Wildman–Crippen MR) is 78.6 cm³/mol. The zero-order valence-electron chi connectivity index (χ0n) is 11.8. The van der Waals surface area contributed by atoms with E-state index < -0.39 is 0 Å². The van der Waals surface area contributed by atoms with Crippen molar-refractivity contribution >= 4 is 17.4 Å². The number of nitrogens with zero attached hydrogens (tertiary/aromatic N) is 1. The highest BCUT2D eigenvalue weighted by atomic mass is 35.5. The summed E-state index contributed by atoms with van der Waals surface area (Å²) in [6.07, 6.45) is 0.624. The van der Waals surface area contributed by atoms with Gasteiger partial charge in [0.1, 0.15) is 5.75 Å². The molecule has 1 aliphatic heterocycles. The third-order valence-corrected chi connectivity index (χ3v) is 4.13. The van der Waals surface area contributed by atoms with E-state index in [0.29, 0.717) is 22.9 Å². The second-order valence-corrected chi connectivity index (χ2v) is 5.70. The molecule has 0 aromatic heterocycles. The molecule has 0 spiro atoms. The van der Waals surface area contributed by atoms with Gasteiger partial charge in [0, 0.05) is 12.1 Å². The maximum atomic E-state index is 12.2. The molecule has 20 heavy (non-hydrogen) atoms. The van der Waals surface area contributed by atoms with E-state index in [0.717, 1.165) is 19.5 Å². The van der Waals surface area contributed by atoms with Gasteiger partial charge < -0.3 is 9.84 Å². The van der Waals surface area contributed by atoms with E-state index in [9.17, 15) is 9.90 Å². The molecule has 0 bridgehead atoms. The van der Waals surface area contributed by atoms with Crippen LogP contribution >= 0.6 is 11.6 Å². The molecule has 1 aromatic carbocycles. The lowest BCUT2D eigenvalue weighted by Crippen LogP contribution is -2.29. The number of hydrogen-bond acceptors (Lipinski definition) is 4. The van der Waals surface area contributed by atoms with E-state index in [2.05, 4.69) is 4.90 Å². The second kappa shape index (κ2) is 6.57. The van der Waals surface area contributed by atoms with Gasteiger partial charge in [-0.1, -0.05) is 11.6 Å². The van der Waals surface area contributed by atoms with Gasteiger partial charge in [0.25, 0.3) is 0 Å². The highest BCUT2D eigenvalue weighted by Gasteiger charge is 2.27. The molecule has 1 fully saturated rings. The van der Waals surface area contributed by atoms with E-state index >= 15 is 0 Å². The van der Waals surface area contributed by atoms with Gasteiger partial charge in [0.15, 0.2) is 5.78 Å². The van der Waals surface area contributed by atoms with E-state index in [1.54, 1.807) is 32.2 Å². The monoisotopic (exact) mass is 297 g/mol. The third kappa shape index (κ3) is 3.51. The number of methoxy groups -OCH3 is 1. The Morgan fingerprint density at radius 3 is 2.90 bits per heavy atom. The lowest BCUT2D eigenvalue weighted by molar-refractivity contribution is 0.0925. The van der Waals surface area contributed by atoms with Crippen LogP contribution < -0.4 is 4.74 Å². The molecule has 0 amide bonds. The minimum Gasteiger partial charge on any atom is -0.495 e. The standard InChI is InChI=1S/C15H20ClNO3/c1-10(18)12-5-6-17(8-12)9-14(19)11-3-4-15(20-2)13(16)7-11/h3-4,7,10,12,18H,5-6,8-9H2,1-2H3. The first-order chi connectivity index (χ1) is 9.51. The number of carbonyl (C=O) groups is 1. The largest absolute Gasteiger partial charge is 0.495 e. The fraction of sp³-hybridized carbons (Fsp3) is 0.533. The number of rotatable bonds is 5. The molecule has 1 saturated heterocycles. The van der Waals surface area contributed by atoms with Crippen molar-refractivity contribution in [3.63, 3.8) is 0 Å². The van der Waals surface area contributed by atoms with Crippen LogP contribution in [0.25, 0.3) is 0 Å². The summed E-state index contributed by atoms with van der Waals surface area (Å²) in [4.78, 5) is 14.3. The summed E-state index contributed by atoms with van der Waals surface area (Å²) in [6, 6.07) is 5.08. The number of benzene rings is 1. The maximum absolute atomic E-state index is 12.2. The number of hydrogen-bond donors (Lipinski definition) is 1. The normalized spacial score (nSPS) is 20.9. The summed E-state index contributed by atoms with van der Waals surface area (Å²) in [7, 11) is 1.54. The van der Waals surface area contributed by atoms with Crippen molar-refractivity contribution in [3.05, 3.63) is 28.8 Å². The van der Waals surface area contributed by atoms with E-state index in [-0.39, 0.29) is 17.8 Å². The highest BCUT2D eigenvalue weighted by molar-refractivity contribution is 6.32. The first-order valence-corrected chi connectivity index (χ1v) is 7.16. The Hall–Kier alpha value is -1.10. The Bertz CT molecular complexity index is 490. The van der Waals surface area contributed by atoms with Crippen molar-refractivity contribution in [1.29, 1.82) is 0 Å². The summed E-state index contributed by atoms with van der Waals surface area (Å²) in [6.45, 7) is 3.80. The summed E-state index contributed by atoms with van der Waals surface area (Å²) in [5, 5.41) is 10.0. The summed E-state index contributed by atoms with van der Waals surface area (Å²) in [5.41, 5.74) is 0.594. The highest BCUT2D eigenvalue weighted by Crippen LogP contribution is 2.26. The minimum absolute atomic E-state index is 0.0424. The predicted octanol–water partition coefficient (Wildman–Crippen LogP) is 2.23. The summed E-state index contributed by atoms with van der Waals surface area (Å²) >= 11 is 6.03. The third-order valence-electron chi connectivity index (χ3n) is 3.83. The first kappa shape index (κ1) is 15.3. The molecule has 110 valence electrons. The topological polar surface area (TPSA) is 49.8 Å². The van der Waals surface area contributed by atoms with Crippen LogP contribution in [0, 0.1) is 5.92 Å². The number of aliphatic hydroxyl groups is 1. The average Bonchev–Trinajstić information content (AvgIpc) is 2.87. The number of halogens is 1. The number of aliphatic hydroxyl groups excluding tert-OH is 1. The molecular formula is C15H20ClNO3. The Morgan fingerprint density at radius 1 is 1.60 bits per heavy atom. The van der Waals surface area contributed by atoms with Crippen LogP contribution in [-0.4, -0.2) is 48.6 Å². The van der Waals surface area contributed by atoms with Crippen molar-refractivity contribution in [2.75, 3.05) is 26.7 Å². The number of Topliss-reactive ketones (excluding diaryl/α,β-unsaturated/α-hetero) is 1. The Kier molecular flexibility index (Phi) is 5.02. The molecule has 2 rings (SSSR count). The second-order valence-electron chi connectivity index (χ2n) is 5.30. The van der Waals surface area contributed by atoms with Crippen LogP contribution in [0.1, 0.15) is 23.7 Å². The molecule has 0 saturated carbocycles. The molecule has 2 unspecified atom stereocenters. The zero-order chi connectivity index (χ0) is 14.7. The van der Waals surface area contributed by atoms with Gasteiger partial charge >= 0.3 is 0 Å². The van der Waals surface area contributed by atoms with E-state index in [1.807, 2.05) is 0 Å². The lowest BCUT2D eigenvalue weighted by atomic mass is 10.0. The fourth-order valence-electron chi connectivity index (χ4n) is 2.53. The molecule has 0 aliphatic carbocycles. The van der Waals surface area contributed by atoms with Gasteiger partial charge in [-0.2, -0.15) is 0 Å². The molecule has 1 aliphatic rings. The number of likely N-dealkylation sites (tertiary alicyclic amines) is 1. The van der Waals surface area contributed by atoms with Crippen LogP contribution in [0.15, 0.2) is 18.2 Å². The molecule has 1 aromatic rings. The number of carbonyl (C=O) groups excluding carboxylic acids is 1. The smallest absolute Gasteiger partial charge is 0.176 e. The van der Waals surface area contributed by atoms with Crippen molar-refractivity contribution in [1.82, 2.24) is 4.90 Å². The minimum atomic E-state index is -0.314. The molecule has 0 radical (unpaired) electrons.